The van der Waals surface area contributed by atoms with Gasteiger partial charge in [0.2, 0.25) is 5.91 Å². The average molecular weight is 369 g/mol. The van der Waals surface area contributed by atoms with Crippen LogP contribution in [0.5, 0.6) is 5.75 Å². The van der Waals surface area contributed by atoms with Crippen molar-refractivity contribution >= 4 is 5.91 Å². The molecule has 0 aliphatic carbocycles. The van der Waals surface area contributed by atoms with E-state index in [0.29, 0.717) is 12.5 Å². The highest BCUT2D eigenvalue weighted by atomic mass is 16.5. The molecule has 4 heteroatoms. The summed E-state index contributed by atoms with van der Waals surface area (Å²) in [5.74, 6) is 1.20. The fourth-order valence-electron chi connectivity index (χ4n) is 3.06. The van der Waals surface area contributed by atoms with E-state index in [1.807, 2.05) is 31.2 Å². The Bertz CT molecular complexity index is 708. The van der Waals surface area contributed by atoms with Crippen LogP contribution < -0.4 is 15.4 Å². The first-order chi connectivity index (χ1) is 12.9. The van der Waals surface area contributed by atoms with Gasteiger partial charge in [-0.1, -0.05) is 57.2 Å². The minimum absolute atomic E-state index is 0.00152. The molecule has 0 saturated heterocycles. The molecule has 2 aromatic rings. The maximum Gasteiger partial charge on any atom is 0.237 e. The predicted octanol–water partition coefficient (Wildman–Crippen LogP) is 4.25. The molecule has 146 valence electrons. The number of hydrogen-bond acceptors (Lipinski definition) is 3. The van der Waals surface area contributed by atoms with Gasteiger partial charge >= 0.3 is 0 Å². The van der Waals surface area contributed by atoms with Crippen molar-refractivity contribution in [2.75, 3.05) is 7.11 Å². The van der Waals surface area contributed by atoms with E-state index in [2.05, 4.69) is 55.7 Å². The van der Waals surface area contributed by atoms with Gasteiger partial charge in [0.1, 0.15) is 5.75 Å². The zero-order valence-corrected chi connectivity index (χ0v) is 17.1. The highest BCUT2D eigenvalue weighted by Crippen LogP contribution is 2.23. The molecule has 0 aromatic heterocycles. The summed E-state index contributed by atoms with van der Waals surface area (Å²) in [4.78, 5) is 12.5. The number of aryl methyl sites for hydroxylation is 1. The number of amides is 1. The summed E-state index contributed by atoms with van der Waals surface area (Å²) in [5.41, 5.74) is 3.59. The first-order valence-corrected chi connectivity index (χ1v) is 9.70. The van der Waals surface area contributed by atoms with Crippen LogP contribution in [-0.4, -0.2) is 19.1 Å². The number of hydrogen-bond donors (Lipinski definition) is 2. The Morgan fingerprint density at radius 1 is 0.963 bits per heavy atom. The normalized spacial score (nSPS) is 13.3. The molecule has 2 N–H and O–H groups in total. The van der Waals surface area contributed by atoms with E-state index in [1.54, 1.807) is 7.11 Å². The van der Waals surface area contributed by atoms with Gasteiger partial charge in [-0.05, 0) is 48.1 Å². The van der Waals surface area contributed by atoms with Crippen molar-refractivity contribution in [3.63, 3.8) is 0 Å². The number of nitrogens with one attached hydrogen (secondary N) is 2. The fraction of sp³-hybridized carbons (Fsp3) is 0.435. The van der Waals surface area contributed by atoms with Gasteiger partial charge in [0.05, 0.1) is 13.2 Å². The van der Waals surface area contributed by atoms with Gasteiger partial charge in [0.15, 0.2) is 0 Å². The summed E-state index contributed by atoms with van der Waals surface area (Å²) >= 11 is 0. The third-order valence-corrected chi connectivity index (χ3v) is 4.86. The van der Waals surface area contributed by atoms with Gasteiger partial charge in [0, 0.05) is 12.6 Å². The van der Waals surface area contributed by atoms with Crippen LogP contribution in [0.25, 0.3) is 0 Å². The Labute approximate surface area is 163 Å². The first-order valence-electron chi connectivity index (χ1n) is 9.70. The minimum atomic E-state index is -0.276. The Balaban J connectivity index is 1.94. The summed E-state index contributed by atoms with van der Waals surface area (Å²) in [6, 6.07) is 16.3. The maximum absolute atomic E-state index is 12.5. The standard InChI is InChI=1S/C23H32N2O2/c1-6-18-7-11-20(12-8-18)22(16(2)3)25-17(4)23(26)24-15-19-9-13-21(27-5)14-10-19/h7-14,16-17,22,25H,6,15H2,1-5H3,(H,24,26)/t17-,22+/m0/s1. The van der Waals surface area contributed by atoms with Gasteiger partial charge < -0.3 is 10.1 Å². The van der Waals surface area contributed by atoms with Gasteiger partial charge in [-0.25, -0.2) is 0 Å². The third-order valence-electron chi connectivity index (χ3n) is 4.86. The van der Waals surface area contributed by atoms with E-state index in [4.69, 9.17) is 4.74 Å². The number of carbonyl (C=O) groups excluding carboxylic acids is 1. The molecule has 2 atom stereocenters. The van der Waals surface area contributed by atoms with Crippen LogP contribution in [-0.2, 0) is 17.8 Å². The molecule has 0 aliphatic heterocycles. The lowest BCUT2D eigenvalue weighted by molar-refractivity contribution is -0.123. The van der Waals surface area contributed by atoms with Crippen molar-refractivity contribution in [2.24, 2.45) is 5.92 Å². The molecule has 0 radical (unpaired) electrons. The zero-order chi connectivity index (χ0) is 19.8. The van der Waals surface area contributed by atoms with E-state index in [9.17, 15) is 4.79 Å². The molecule has 0 unspecified atom stereocenters. The van der Waals surface area contributed by atoms with Crippen LogP contribution in [0, 0.1) is 5.92 Å². The Kier molecular flexibility index (Phi) is 7.86. The van der Waals surface area contributed by atoms with Gasteiger partial charge in [0.25, 0.3) is 0 Å². The largest absolute Gasteiger partial charge is 0.497 e. The third kappa shape index (κ3) is 6.10. The van der Waals surface area contributed by atoms with Crippen molar-refractivity contribution in [3.8, 4) is 5.75 Å². The summed E-state index contributed by atoms with van der Waals surface area (Å²) in [7, 11) is 1.64. The van der Waals surface area contributed by atoms with Gasteiger partial charge in [-0.15, -0.1) is 0 Å². The topological polar surface area (TPSA) is 50.4 Å². The van der Waals surface area contributed by atoms with E-state index in [-0.39, 0.29) is 18.0 Å². The minimum Gasteiger partial charge on any atom is -0.497 e. The lowest BCUT2D eigenvalue weighted by atomic mass is 9.94. The molecule has 0 aliphatic rings. The summed E-state index contributed by atoms with van der Waals surface area (Å²) in [6.07, 6.45) is 1.03. The summed E-state index contributed by atoms with van der Waals surface area (Å²) in [6.45, 7) is 8.93. The molecular weight excluding hydrogens is 336 g/mol. The van der Waals surface area contributed by atoms with Crippen LogP contribution in [0.3, 0.4) is 0 Å². The number of carbonyl (C=O) groups is 1. The number of ether oxygens (including phenoxy) is 1. The van der Waals surface area contributed by atoms with Crippen molar-refractivity contribution in [2.45, 2.75) is 52.7 Å². The molecule has 0 heterocycles. The van der Waals surface area contributed by atoms with Crippen LogP contribution in [0.4, 0.5) is 0 Å². The van der Waals surface area contributed by atoms with E-state index < -0.39 is 0 Å². The molecule has 0 spiro atoms. The fourth-order valence-corrected chi connectivity index (χ4v) is 3.06. The quantitative estimate of drug-likeness (QED) is 0.696. The second-order valence-electron chi connectivity index (χ2n) is 7.27. The maximum atomic E-state index is 12.5. The highest BCUT2D eigenvalue weighted by Gasteiger charge is 2.21. The lowest BCUT2D eigenvalue weighted by Crippen LogP contribution is -2.44. The SMILES string of the molecule is CCc1ccc([C@H](N[C@@H](C)C(=O)NCc2ccc(OC)cc2)C(C)C)cc1. The Hall–Kier alpha value is -2.33. The average Bonchev–Trinajstić information content (AvgIpc) is 2.70. The van der Waals surface area contributed by atoms with Crippen molar-refractivity contribution in [3.05, 3.63) is 65.2 Å². The monoisotopic (exact) mass is 368 g/mol. The number of benzene rings is 2. The molecule has 2 rings (SSSR count). The van der Waals surface area contributed by atoms with Crippen LogP contribution in [0.2, 0.25) is 0 Å². The molecule has 1 amide bonds. The van der Waals surface area contributed by atoms with Crippen molar-refractivity contribution in [1.82, 2.24) is 10.6 Å². The molecule has 4 nitrogen and oxygen atoms in total. The van der Waals surface area contributed by atoms with Crippen LogP contribution in [0.15, 0.2) is 48.5 Å². The number of rotatable bonds is 9. The number of methoxy groups -OCH3 is 1. The summed E-state index contributed by atoms with van der Waals surface area (Å²) in [5, 5.41) is 6.50. The molecule has 0 saturated carbocycles. The molecular formula is C23H32N2O2. The second kappa shape index (κ2) is 10.1. The Morgan fingerprint density at radius 3 is 2.07 bits per heavy atom. The van der Waals surface area contributed by atoms with E-state index in [0.717, 1.165) is 17.7 Å². The highest BCUT2D eigenvalue weighted by molar-refractivity contribution is 5.81. The molecule has 0 fully saturated rings. The smallest absolute Gasteiger partial charge is 0.237 e. The van der Waals surface area contributed by atoms with Crippen molar-refractivity contribution < 1.29 is 9.53 Å². The van der Waals surface area contributed by atoms with Crippen LogP contribution >= 0.6 is 0 Å². The molecule has 2 aromatic carbocycles. The van der Waals surface area contributed by atoms with E-state index >= 15 is 0 Å². The zero-order valence-electron chi connectivity index (χ0n) is 17.1. The van der Waals surface area contributed by atoms with Crippen LogP contribution in [0.1, 0.15) is 50.4 Å². The second-order valence-corrected chi connectivity index (χ2v) is 7.27. The summed E-state index contributed by atoms with van der Waals surface area (Å²) < 4.78 is 5.16. The van der Waals surface area contributed by atoms with Gasteiger partial charge in [-0.2, -0.15) is 0 Å². The first kappa shape index (κ1) is 21.0. The molecule has 27 heavy (non-hydrogen) atoms. The predicted molar refractivity (Wildman–Crippen MR) is 111 cm³/mol. The van der Waals surface area contributed by atoms with Crippen molar-refractivity contribution in [1.29, 1.82) is 0 Å². The molecule has 0 bridgehead atoms. The Morgan fingerprint density at radius 2 is 1.56 bits per heavy atom. The van der Waals surface area contributed by atoms with Gasteiger partial charge in [-0.3, -0.25) is 10.1 Å². The van der Waals surface area contributed by atoms with E-state index in [1.165, 1.54) is 11.1 Å². The lowest BCUT2D eigenvalue weighted by Gasteiger charge is -2.26.